The van der Waals surface area contributed by atoms with E-state index in [9.17, 15) is 18.0 Å². The number of primary sulfonamides is 1. The first-order valence-corrected chi connectivity index (χ1v) is 7.95. The van der Waals surface area contributed by atoms with Gasteiger partial charge in [-0.1, -0.05) is 0 Å². The molecule has 0 unspecified atom stereocenters. The summed E-state index contributed by atoms with van der Waals surface area (Å²) in [5, 5.41) is 7.40. The third-order valence-corrected chi connectivity index (χ3v) is 3.58. The topological polar surface area (TPSA) is 134 Å². The minimum Gasteiger partial charge on any atom is -0.493 e. The molecule has 0 atom stereocenters. The van der Waals surface area contributed by atoms with E-state index < -0.39 is 28.5 Å². The van der Waals surface area contributed by atoms with Crippen LogP contribution >= 0.6 is 0 Å². The monoisotopic (exact) mass is 342 g/mol. The summed E-state index contributed by atoms with van der Waals surface area (Å²) in [6, 6.07) is 5.21. The molecule has 1 aromatic carbocycles. The van der Waals surface area contributed by atoms with Crippen molar-refractivity contribution in [2.24, 2.45) is 5.14 Å². The molecule has 1 amide bonds. The van der Waals surface area contributed by atoms with Crippen molar-refractivity contribution in [1.29, 1.82) is 0 Å². The molecule has 0 spiro atoms. The Morgan fingerprint density at radius 3 is 2.48 bits per heavy atom. The Bertz CT molecular complexity index is 725. The molecule has 1 aromatic rings. The highest BCUT2D eigenvalue weighted by Gasteiger charge is 2.18. The molecule has 0 bridgehead atoms. The first-order chi connectivity index (χ1) is 10.9. The lowest BCUT2D eigenvalue weighted by atomic mass is 10.3. The quantitative estimate of drug-likeness (QED) is 0.702. The van der Waals surface area contributed by atoms with E-state index in [0.29, 0.717) is 12.3 Å². The van der Waals surface area contributed by atoms with Crippen molar-refractivity contribution in [3.05, 3.63) is 36.3 Å². The minimum atomic E-state index is -3.80. The average molecular weight is 342 g/mol. The lowest BCUT2D eigenvalue weighted by Gasteiger charge is -2.14. The van der Waals surface area contributed by atoms with Crippen LogP contribution in [0.15, 0.2) is 41.2 Å². The number of nitrogens with one attached hydrogen (secondary N) is 1. The van der Waals surface area contributed by atoms with E-state index in [1.807, 2.05) is 0 Å². The summed E-state index contributed by atoms with van der Waals surface area (Å²) < 4.78 is 36.8. The maximum atomic E-state index is 11.7. The summed E-state index contributed by atoms with van der Waals surface area (Å²) in [6.45, 7) is 0.0335. The van der Waals surface area contributed by atoms with Crippen molar-refractivity contribution < 1.29 is 32.2 Å². The van der Waals surface area contributed by atoms with Gasteiger partial charge in [0.2, 0.25) is 15.8 Å². The van der Waals surface area contributed by atoms with Gasteiger partial charge in [0.25, 0.3) is 5.91 Å². The third kappa shape index (κ3) is 4.97. The van der Waals surface area contributed by atoms with Crippen LogP contribution in [0.3, 0.4) is 0 Å². The number of carbonyl (C=O) groups is 2. The number of carbonyl (C=O) groups excluding carboxylic acids is 2. The van der Waals surface area contributed by atoms with Gasteiger partial charge >= 0.3 is 5.97 Å². The molecule has 1 heterocycles. The Morgan fingerprint density at radius 1 is 1.22 bits per heavy atom. The van der Waals surface area contributed by atoms with E-state index in [-0.39, 0.29) is 17.3 Å². The van der Waals surface area contributed by atoms with Crippen molar-refractivity contribution in [2.75, 3.05) is 25.1 Å². The Kier molecular flexibility index (Phi) is 5.19. The largest absolute Gasteiger partial charge is 0.493 e. The lowest BCUT2D eigenvalue weighted by Crippen LogP contribution is -2.23. The Balaban J connectivity index is 1.85. The smallest absolute Gasteiger partial charge is 0.377 e. The summed E-state index contributed by atoms with van der Waals surface area (Å²) in [7, 11) is -3.80. The van der Waals surface area contributed by atoms with E-state index in [1.165, 1.54) is 24.3 Å². The second kappa shape index (κ2) is 7.11. The highest BCUT2D eigenvalue weighted by atomic mass is 32.2. The highest BCUT2D eigenvalue weighted by molar-refractivity contribution is 7.89. The maximum Gasteiger partial charge on any atom is 0.377 e. The van der Waals surface area contributed by atoms with Gasteiger partial charge < -0.3 is 19.5 Å². The number of rotatable bonds is 5. The molecule has 124 valence electrons. The number of benzene rings is 1. The molecular weight excluding hydrogens is 328 g/mol. The molecule has 0 fully saturated rings. The number of sulfonamides is 1. The molecule has 1 aliphatic heterocycles. The first-order valence-electron chi connectivity index (χ1n) is 6.40. The molecule has 1 aliphatic rings. The van der Waals surface area contributed by atoms with Gasteiger partial charge in [0.15, 0.2) is 6.61 Å². The lowest BCUT2D eigenvalue weighted by molar-refractivity contribution is -0.148. The molecule has 0 aliphatic carbocycles. The molecule has 3 N–H and O–H groups in total. The van der Waals surface area contributed by atoms with Crippen molar-refractivity contribution in [1.82, 2.24) is 0 Å². The first kappa shape index (κ1) is 16.8. The number of hydrogen-bond donors (Lipinski definition) is 2. The van der Waals surface area contributed by atoms with Gasteiger partial charge in [0.05, 0.1) is 4.90 Å². The van der Waals surface area contributed by atoms with Crippen LogP contribution in [0.2, 0.25) is 0 Å². The number of ether oxygens (including phenoxy) is 3. The van der Waals surface area contributed by atoms with Gasteiger partial charge in [-0.3, -0.25) is 4.79 Å². The third-order valence-electron chi connectivity index (χ3n) is 2.65. The van der Waals surface area contributed by atoms with Crippen LogP contribution in [0.1, 0.15) is 0 Å². The van der Waals surface area contributed by atoms with Crippen LogP contribution in [0.5, 0.6) is 0 Å². The SMILES string of the molecule is NS(=O)(=O)c1ccc(NC(=O)COC(=O)C2=COCCO2)cc1. The van der Waals surface area contributed by atoms with Crippen LogP contribution in [0.25, 0.3) is 0 Å². The molecule has 2 rings (SSSR count). The van der Waals surface area contributed by atoms with E-state index in [0.717, 1.165) is 6.26 Å². The van der Waals surface area contributed by atoms with Gasteiger partial charge in [-0.2, -0.15) is 0 Å². The Labute approximate surface area is 132 Å². The summed E-state index contributed by atoms with van der Waals surface area (Å²) in [5.41, 5.74) is 0.329. The van der Waals surface area contributed by atoms with Crippen LogP contribution in [-0.4, -0.2) is 40.1 Å². The summed E-state index contributed by atoms with van der Waals surface area (Å²) in [4.78, 5) is 23.1. The number of amides is 1. The van der Waals surface area contributed by atoms with Crippen molar-refractivity contribution in [2.45, 2.75) is 4.90 Å². The van der Waals surface area contributed by atoms with Gasteiger partial charge in [0.1, 0.15) is 19.5 Å². The van der Waals surface area contributed by atoms with Crippen molar-refractivity contribution in [3.63, 3.8) is 0 Å². The predicted molar refractivity (Wildman–Crippen MR) is 77.4 cm³/mol. The molecule has 23 heavy (non-hydrogen) atoms. The zero-order chi connectivity index (χ0) is 16.9. The number of esters is 1. The van der Waals surface area contributed by atoms with Crippen LogP contribution in [-0.2, 0) is 33.8 Å². The molecular formula is C13H14N2O7S. The van der Waals surface area contributed by atoms with Crippen LogP contribution in [0.4, 0.5) is 5.69 Å². The molecule has 0 saturated heterocycles. The van der Waals surface area contributed by atoms with Gasteiger partial charge in [-0.15, -0.1) is 0 Å². The zero-order valence-electron chi connectivity index (χ0n) is 11.9. The normalized spacial score (nSPS) is 14.0. The number of nitrogens with two attached hydrogens (primary N) is 1. The summed E-state index contributed by atoms with van der Waals surface area (Å²) >= 11 is 0. The average Bonchev–Trinajstić information content (AvgIpc) is 2.53. The Morgan fingerprint density at radius 2 is 1.91 bits per heavy atom. The maximum absolute atomic E-state index is 11.7. The zero-order valence-corrected chi connectivity index (χ0v) is 12.7. The van der Waals surface area contributed by atoms with Crippen molar-refractivity contribution >= 4 is 27.6 Å². The fourth-order valence-electron chi connectivity index (χ4n) is 1.60. The molecule has 0 saturated carbocycles. The summed E-state index contributed by atoms with van der Waals surface area (Å²) in [6.07, 6.45) is 1.12. The molecule has 0 radical (unpaired) electrons. The summed E-state index contributed by atoms with van der Waals surface area (Å²) in [5.74, 6) is -1.52. The number of anilines is 1. The molecule has 10 heteroatoms. The minimum absolute atomic E-state index is 0.0803. The Hall–Kier alpha value is -2.59. The van der Waals surface area contributed by atoms with Gasteiger partial charge in [0, 0.05) is 5.69 Å². The van der Waals surface area contributed by atoms with Crippen LogP contribution < -0.4 is 10.5 Å². The standard InChI is InChI=1S/C13H14N2O7S/c14-23(18,19)10-3-1-9(2-4-10)15-12(16)8-22-13(17)11-7-20-5-6-21-11/h1-4,7H,5-6,8H2,(H,15,16)(H2,14,18,19). The molecule has 9 nitrogen and oxygen atoms in total. The molecule has 0 aromatic heterocycles. The van der Waals surface area contributed by atoms with E-state index in [1.54, 1.807) is 0 Å². The highest BCUT2D eigenvalue weighted by Crippen LogP contribution is 2.12. The van der Waals surface area contributed by atoms with E-state index >= 15 is 0 Å². The second-order valence-corrected chi connectivity index (χ2v) is 5.96. The van der Waals surface area contributed by atoms with Crippen molar-refractivity contribution in [3.8, 4) is 0 Å². The van der Waals surface area contributed by atoms with E-state index in [4.69, 9.17) is 19.3 Å². The second-order valence-electron chi connectivity index (χ2n) is 4.40. The number of hydrogen-bond acceptors (Lipinski definition) is 7. The fraction of sp³-hybridized carbons (Fsp3) is 0.231. The predicted octanol–water partition coefficient (Wildman–Crippen LogP) is -0.296. The van der Waals surface area contributed by atoms with E-state index in [2.05, 4.69) is 5.32 Å². The van der Waals surface area contributed by atoms with Crippen LogP contribution in [0, 0.1) is 0 Å². The van der Waals surface area contributed by atoms with Gasteiger partial charge in [-0.25, -0.2) is 18.4 Å². The fourth-order valence-corrected chi connectivity index (χ4v) is 2.12. The van der Waals surface area contributed by atoms with Gasteiger partial charge in [-0.05, 0) is 24.3 Å².